The predicted molar refractivity (Wildman–Crippen MR) is 61.5 cm³/mol. The molecule has 1 aromatic carbocycles. The number of aliphatic hydroxyl groups excluding tert-OH is 1. The van der Waals surface area contributed by atoms with Crippen molar-refractivity contribution in [3.05, 3.63) is 29.8 Å². The smallest absolute Gasteiger partial charge is 0.125 e. The lowest BCUT2D eigenvalue weighted by Crippen LogP contribution is -2.12. The first-order valence-electron chi connectivity index (χ1n) is 5.75. The Morgan fingerprint density at radius 1 is 1.50 bits per heavy atom. The van der Waals surface area contributed by atoms with Crippen LogP contribution in [0, 0.1) is 5.92 Å². The minimum atomic E-state index is -0.490. The van der Waals surface area contributed by atoms with E-state index >= 15 is 0 Å². The number of benzene rings is 1. The molecule has 16 heavy (non-hydrogen) atoms. The average molecular weight is 222 g/mol. The molecule has 1 unspecified atom stereocenters. The van der Waals surface area contributed by atoms with Crippen LogP contribution in [0.1, 0.15) is 25.0 Å². The summed E-state index contributed by atoms with van der Waals surface area (Å²) in [4.78, 5) is 0. The van der Waals surface area contributed by atoms with E-state index in [1.807, 2.05) is 24.3 Å². The van der Waals surface area contributed by atoms with Crippen molar-refractivity contribution < 1.29 is 14.6 Å². The quantitative estimate of drug-likeness (QED) is 0.848. The van der Waals surface area contributed by atoms with Crippen LogP contribution in [0.25, 0.3) is 0 Å². The van der Waals surface area contributed by atoms with E-state index < -0.39 is 6.10 Å². The molecule has 0 aromatic heterocycles. The first-order valence-corrected chi connectivity index (χ1v) is 5.75. The number of rotatable bonds is 4. The molecule has 0 spiro atoms. The van der Waals surface area contributed by atoms with Gasteiger partial charge in [-0.25, -0.2) is 0 Å². The average Bonchev–Trinajstić information content (AvgIpc) is 2.79. The van der Waals surface area contributed by atoms with Gasteiger partial charge in [-0.1, -0.05) is 18.2 Å². The number of hydrogen-bond acceptors (Lipinski definition) is 3. The van der Waals surface area contributed by atoms with Gasteiger partial charge < -0.3 is 14.6 Å². The molecule has 1 aliphatic rings. The molecule has 1 saturated heterocycles. The molecule has 0 aliphatic carbocycles. The molecule has 2 atom stereocenters. The van der Waals surface area contributed by atoms with Crippen molar-refractivity contribution in [3.63, 3.8) is 0 Å². The largest absolute Gasteiger partial charge is 0.493 e. The van der Waals surface area contributed by atoms with Crippen LogP contribution < -0.4 is 4.74 Å². The molecule has 1 N–H and O–H groups in total. The van der Waals surface area contributed by atoms with Gasteiger partial charge in [-0.3, -0.25) is 0 Å². The van der Waals surface area contributed by atoms with E-state index in [2.05, 4.69) is 0 Å². The van der Waals surface area contributed by atoms with Crippen LogP contribution >= 0.6 is 0 Å². The Labute approximate surface area is 96.0 Å². The van der Waals surface area contributed by atoms with Crippen molar-refractivity contribution >= 4 is 0 Å². The van der Waals surface area contributed by atoms with Crippen LogP contribution in [0.4, 0.5) is 0 Å². The molecule has 1 fully saturated rings. The molecule has 1 aromatic rings. The van der Waals surface area contributed by atoms with E-state index in [0.29, 0.717) is 12.5 Å². The van der Waals surface area contributed by atoms with Crippen LogP contribution in [0.15, 0.2) is 24.3 Å². The molecule has 0 bridgehead atoms. The molecule has 1 heterocycles. The van der Waals surface area contributed by atoms with Gasteiger partial charge in [-0.05, 0) is 19.4 Å². The van der Waals surface area contributed by atoms with Crippen molar-refractivity contribution in [2.75, 3.05) is 19.8 Å². The fourth-order valence-electron chi connectivity index (χ4n) is 1.88. The van der Waals surface area contributed by atoms with Crippen LogP contribution in [0.5, 0.6) is 5.75 Å². The summed E-state index contributed by atoms with van der Waals surface area (Å²) in [5.41, 5.74) is 0.849. The van der Waals surface area contributed by atoms with E-state index in [1.54, 1.807) is 6.92 Å². The Bertz CT molecular complexity index is 330. The second-order valence-electron chi connectivity index (χ2n) is 4.25. The maximum absolute atomic E-state index is 9.59. The fourth-order valence-corrected chi connectivity index (χ4v) is 1.88. The Morgan fingerprint density at radius 2 is 2.31 bits per heavy atom. The van der Waals surface area contributed by atoms with Crippen molar-refractivity contribution in [1.82, 2.24) is 0 Å². The number of ether oxygens (including phenoxy) is 2. The third-order valence-corrected chi connectivity index (χ3v) is 2.87. The van der Waals surface area contributed by atoms with Gasteiger partial charge in [0.25, 0.3) is 0 Å². The highest BCUT2D eigenvalue weighted by atomic mass is 16.5. The molecule has 3 heteroatoms. The minimum absolute atomic E-state index is 0.488. The lowest BCUT2D eigenvalue weighted by Gasteiger charge is -2.15. The van der Waals surface area contributed by atoms with Crippen LogP contribution in [0.2, 0.25) is 0 Å². The van der Waals surface area contributed by atoms with Gasteiger partial charge in [0.05, 0.1) is 19.3 Å². The molecular weight excluding hydrogens is 204 g/mol. The monoisotopic (exact) mass is 222 g/mol. The summed E-state index contributed by atoms with van der Waals surface area (Å²) in [5.74, 6) is 1.27. The first kappa shape index (κ1) is 11.4. The molecular formula is C13H18O3. The molecule has 0 saturated carbocycles. The maximum atomic E-state index is 9.59. The van der Waals surface area contributed by atoms with E-state index in [4.69, 9.17) is 9.47 Å². The number of aliphatic hydroxyl groups is 1. The van der Waals surface area contributed by atoms with E-state index in [-0.39, 0.29) is 0 Å². The fraction of sp³-hybridized carbons (Fsp3) is 0.538. The van der Waals surface area contributed by atoms with Crippen molar-refractivity contribution in [2.45, 2.75) is 19.4 Å². The van der Waals surface area contributed by atoms with Crippen LogP contribution in [-0.4, -0.2) is 24.9 Å². The summed E-state index contributed by atoms with van der Waals surface area (Å²) in [7, 11) is 0. The molecule has 0 radical (unpaired) electrons. The third-order valence-electron chi connectivity index (χ3n) is 2.87. The summed E-state index contributed by atoms with van der Waals surface area (Å²) in [5, 5.41) is 9.59. The highest BCUT2D eigenvalue weighted by Crippen LogP contribution is 2.25. The first-order chi connectivity index (χ1) is 7.77. The lowest BCUT2D eigenvalue weighted by molar-refractivity contribution is 0.162. The number of para-hydroxylation sites is 1. The summed E-state index contributed by atoms with van der Waals surface area (Å²) in [6.45, 7) is 4.05. The Balaban J connectivity index is 1.97. The zero-order valence-corrected chi connectivity index (χ0v) is 9.56. The highest BCUT2D eigenvalue weighted by molar-refractivity contribution is 5.34. The molecule has 2 rings (SSSR count). The van der Waals surface area contributed by atoms with Crippen molar-refractivity contribution in [3.8, 4) is 5.75 Å². The normalized spacial score (nSPS) is 22.0. The molecule has 3 nitrogen and oxygen atoms in total. The minimum Gasteiger partial charge on any atom is -0.493 e. The Morgan fingerprint density at radius 3 is 3.00 bits per heavy atom. The third kappa shape index (κ3) is 2.74. The standard InChI is InChI=1S/C13H18O3/c1-10(14)12-4-2-3-5-13(12)16-9-11-6-7-15-8-11/h2-5,10-11,14H,6-9H2,1H3/t10-,11?/m0/s1. The van der Waals surface area contributed by atoms with Crippen molar-refractivity contribution in [1.29, 1.82) is 0 Å². The van der Waals surface area contributed by atoms with Gasteiger partial charge in [0, 0.05) is 18.1 Å². The topological polar surface area (TPSA) is 38.7 Å². The SMILES string of the molecule is C[C@H](O)c1ccccc1OCC1CCOC1. The second-order valence-corrected chi connectivity index (χ2v) is 4.25. The zero-order valence-electron chi connectivity index (χ0n) is 9.56. The van der Waals surface area contributed by atoms with E-state index in [0.717, 1.165) is 30.9 Å². The highest BCUT2D eigenvalue weighted by Gasteiger charge is 2.17. The van der Waals surface area contributed by atoms with Crippen LogP contribution in [0.3, 0.4) is 0 Å². The molecule has 1 aliphatic heterocycles. The van der Waals surface area contributed by atoms with Gasteiger partial charge >= 0.3 is 0 Å². The van der Waals surface area contributed by atoms with Crippen molar-refractivity contribution in [2.24, 2.45) is 5.92 Å². The van der Waals surface area contributed by atoms with E-state index in [9.17, 15) is 5.11 Å². The Hall–Kier alpha value is -1.06. The van der Waals surface area contributed by atoms with Gasteiger partial charge in [-0.15, -0.1) is 0 Å². The lowest BCUT2D eigenvalue weighted by atomic mass is 10.1. The predicted octanol–water partition coefficient (Wildman–Crippen LogP) is 2.16. The summed E-state index contributed by atoms with van der Waals surface area (Å²) < 4.78 is 11.0. The molecule has 88 valence electrons. The molecule has 0 amide bonds. The Kier molecular flexibility index (Phi) is 3.80. The van der Waals surface area contributed by atoms with Gasteiger partial charge in [-0.2, -0.15) is 0 Å². The summed E-state index contributed by atoms with van der Waals surface area (Å²) in [6.07, 6.45) is 0.577. The maximum Gasteiger partial charge on any atom is 0.125 e. The second kappa shape index (κ2) is 5.32. The summed E-state index contributed by atoms with van der Waals surface area (Å²) >= 11 is 0. The van der Waals surface area contributed by atoms with Gasteiger partial charge in [0.2, 0.25) is 0 Å². The summed E-state index contributed by atoms with van der Waals surface area (Å²) in [6, 6.07) is 7.63. The van der Waals surface area contributed by atoms with Gasteiger partial charge in [0.1, 0.15) is 5.75 Å². The van der Waals surface area contributed by atoms with Crippen LogP contribution in [-0.2, 0) is 4.74 Å². The zero-order chi connectivity index (χ0) is 11.4. The number of hydrogen-bond donors (Lipinski definition) is 1. The van der Waals surface area contributed by atoms with Gasteiger partial charge in [0.15, 0.2) is 0 Å². The van der Waals surface area contributed by atoms with E-state index in [1.165, 1.54) is 0 Å².